The first-order valence-electron chi connectivity index (χ1n) is 5.71. The summed E-state index contributed by atoms with van der Waals surface area (Å²) in [5, 5.41) is 8.00. The molecule has 18 heavy (non-hydrogen) atoms. The van der Waals surface area contributed by atoms with Gasteiger partial charge in [0.05, 0.1) is 17.9 Å². The van der Waals surface area contributed by atoms with Crippen molar-refractivity contribution in [2.75, 3.05) is 0 Å². The van der Waals surface area contributed by atoms with E-state index < -0.39 is 0 Å². The standard InChI is InChI=1S/C12H14Br2N4/c1-2-3-18-11(7-16-17-18)12(15)8-4-9(13)6-10(14)5-8/h4-7,12H,2-3,15H2,1H3. The van der Waals surface area contributed by atoms with Crippen LogP contribution in [0.15, 0.2) is 33.3 Å². The topological polar surface area (TPSA) is 56.7 Å². The molecule has 2 rings (SSSR count). The highest BCUT2D eigenvalue weighted by molar-refractivity contribution is 9.11. The number of nitrogens with two attached hydrogens (primary N) is 1. The van der Waals surface area contributed by atoms with Crippen molar-refractivity contribution < 1.29 is 0 Å². The molecule has 0 amide bonds. The first kappa shape index (κ1) is 13.7. The molecule has 0 aliphatic carbocycles. The molecule has 2 aromatic rings. The maximum atomic E-state index is 6.29. The van der Waals surface area contributed by atoms with E-state index in [1.54, 1.807) is 6.20 Å². The predicted molar refractivity (Wildman–Crippen MR) is 78.2 cm³/mol. The summed E-state index contributed by atoms with van der Waals surface area (Å²) < 4.78 is 3.85. The molecule has 0 spiro atoms. The van der Waals surface area contributed by atoms with Gasteiger partial charge >= 0.3 is 0 Å². The molecule has 4 nitrogen and oxygen atoms in total. The molecule has 0 saturated heterocycles. The number of rotatable bonds is 4. The molecule has 96 valence electrons. The second kappa shape index (κ2) is 5.95. The summed E-state index contributed by atoms with van der Waals surface area (Å²) in [6.07, 6.45) is 2.74. The molecule has 1 unspecified atom stereocenters. The lowest BCUT2D eigenvalue weighted by Gasteiger charge is -2.14. The van der Waals surface area contributed by atoms with Crippen molar-refractivity contribution in [3.05, 3.63) is 44.6 Å². The lowest BCUT2D eigenvalue weighted by Crippen LogP contribution is -2.17. The second-order valence-electron chi connectivity index (χ2n) is 4.06. The maximum Gasteiger partial charge on any atom is 0.0799 e. The third-order valence-electron chi connectivity index (χ3n) is 2.65. The van der Waals surface area contributed by atoms with Crippen LogP contribution in [-0.2, 0) is 6.54 Å². The lowest BCUT2D eigenvalue weighted by molar-refractivity contribution is 0.543. The number of hydrogen-bond donors (Lipinski definition) is 1. The smallest absolute Gasteiger partial charge is 0.0799 e. The van der Waals surface area contributed by atoms with Gasteiger partial charge < -0.3 is 5.73 Å². The van der Waals surface area contributed by atoms with Crippen LogP contribution in [0.3, 0.4) is 0 Å². The number of benzene rings is 1. The van der Waals surface area contributed by atoms with Gasteiger partial charge in [0, 0.05) is 15.5 Å². The van der Waals surface area contributed by atoms with Gasteiger partial charge in [-0.2, -0.15) is 0 Å². The molecule has 0 radical (unpaired) electrons. The zero-order valence-corrected chi connectivity index (χ0v) is 13.1. The Morgan fingerprint density at radius 1 is 1.28 bits per heavy atom. The number of nitrogens with zero attached hydrogens (tertiary/aromatic N) is 3. The average Bonchev–Trinajstić information content (AvgIpc) is 2.75. The van der Waals surface area contributed by atoms with Crippen LogP contribution in [0.5, 0.6) is 0 Å². The molecule has 0 bridgehead atoms. The van der Waals surface area contributed by atoms with Gasteiger partial charge in [0.1, 0.15) is 0 Å². The molecule has 1 aromatic heterocycles. The summed E-state index contributed by atoms with van der Waals surface area (Å²) in [5.41, 5.74) is 8.24. The molecule has 1 aromatic carbocycles. The molecule has 1 heterocycles. The summed E-state index contributed by atoms with van der Waals surface area (Å²) >= 11 is 6.94. The molecule has 0 saturated carbocycles. The van der Waals surface area contributed by atoms with Crippen molar-refractivity contribution >= 4 is 31.9 Å². The van der Waals surface area contributed by atoms with Crippen molar-refractivity contribution in [2.45, 2.75) is 25.9 Å². The van der Waals surface area contributed by atoms with E-state index in [0.29, 0.717) is 0 Å². The Kier molecular flexibility index (Phi) is 4.53. The summed E-state index contributed by atoms with van der Waals surface area (Å²) in [4.78, 5) is 0. The highest BCUT2D eigenvalue weighted by atomic mass is 79.9. The van der Waals surface area contributed by atoms with Crippen LogP contribution in [0.25, 0.3) is 0 Å². The van der Waals surface area contributed by atoms with Crippen LogP contribution in [0.2, 0.25) is 0 Å². The monoisotopic (exact) mass is 372 g/mol. The largest absolute Gasteiger partial charge is 0.319 e. The molecule has 0 fully saturated rings. The molecule has 0 aliphatic rings. The molecular formula is C12H14Br2N4. The zero-order chi connectivity index (χ0) is 13.1. The number of hydrogen-bond acceptors (Lipinski definition) is 3. The van der Waals surface area contributed by atoms with Gasteiger partial charge in [-0.1, -0.05) is 44.0 Å². The van der Waals surface area contributed by atoms with Gasteiger partial charge in [0.25, 0.3) is 0 Å². The van der Waals surface area contributed by atoms with E-state index in [1.807, 2.05) is 22.9 Å². The van der Waals surface area contributed by atoms with E-state index in [-0.39, 0.29) is 6.04 Å². The quantitative estimate of drug-likeness (QED) is 0.894. The van der Waals surface area contributed by atoms with Crippen LogP contribution >= 0.6 is 31.9 Å². The summed E-state index contributed by atoms with van der Waals surface area (Å²) in [6.45, 7) is 2.94. The van der Waals surface area contributed by atoms with Gasteiger partial charge in [0.15, 0.2) is 0 Å². The van der Waals surface area contributed by atoms with Crippen molar-refractivity contribution in [3.63, 3.8) is 0 Å². The second-order valence-corrected chi connectivity index (χ2v) is 5.89. The number of aromatic nitrogens is 3. The van der Waals surface area contributed by atoms with E-state index >= 15 is 0 Å². The minimum atomic E-state index is -0.222. The fourth-order valence-electron chi connectivity index (χ4n) is 1.82. The van der Waals surface area contributed by atoms with E-state index in [4.69, 9.17) is 5.73 Å². The minimum absolute atomic E-state index is 0.222. The Labute approximate surface area is 123 Å². The van der Waals surface area contributed by atoms with Gasteiger partial charge in [-0.05, 0) is 30.2 Å². The SMILES string of the molecule is CCCn1nncc1C(N)c1cc(Br)cc(Br)c1. The molecular weight excluding hydrogens is 360 g/mol. The van der Waals surface area contributed by atoms with E-state index in [9.17, 15) is 0 Å². The molecule has 6 heteroatoms. The first-order valence-corrected chi connectivity index (χ1v) is 7.30. The zero-order valence-electron chi connectivity index (χ0n) is 9.98. The molecule has 0 aliphatic heterocycles. The summed E-state index contributed by atoms with van der Waals surface area (Å²) in [5.74, 6) is 0. The van der Waals surface area contributed by atoms with Crippen LogP contribution < -0.4 is 5.73 Å². The predicted octanol–water partition coefficient (Wildman–Crippen LogP) is 3.26. The van der Waals surface area contributed by atoms with Gasteiger partial charge in [0.2, 0.25) is 0 Å². The summed E-state index contributed by atoms with van der Waals surface area (Å²) in [7, 11) is 0. The Bertz CT molecular complexity index is 518. The van der Waals surface area contributed by atoms with E-state index in [2.05, 4.69) is 49.1 Å². The van der Waals surface area contributed by atoms with Crippen molar-refractivity contribution in [2.24, 2.45) is 5.73 Å². The van der Waals surface area contributed by atoms with E-state index in [0.717, 1.165) is 33.2 Å². The molecule has 1 atom stereocenters. The fraction of sp³-hybridized carbons (Fsp3) is 0.333. The first-order chi connectivity index (χ1) is 8.61. The van der Waals surface area contributed by atoms with E-state index in [1.165, 1.54) is 0 Å². The Hall–Kier alpha value is -0.720. The van der Waals surface area contributed by atoms with Crippen molar-refractivity contribution in [3.8, 4) is 0 Å². The third kappa shape index (κ3) is 2.99. The van der Waals surface area contributed by atoms with Crippen molar-refractivity contribution in [1.29, 1.82) is 0 Å². The summed E-state index contributed by atoms with van der Waals surface area (Å²) in [6, 6.07) is 5.79. The normalized spacial score (nSPS) is 12.7. The number of halogens is 2. The third-order valence-corrected chi connectivity index (χ3v) is 3.56. The highest BCUT2D eigenvalue weighted by Gasteiger charge is 2.15. The van der Waals surface area contributed by atoms with Gasteiger partial charge in [-0.3, -0.25) is 0 Å². The van der Waals surface area contributed by atoms with Crippen LogP contribution in [-0.4, -0.2) is 15.0 Å². The fourth-order valence-corrected chi connectivity index (χ4v) is 3.15. The van der Waals surface area contributed by atoms with Crippen LogP contribution in [0, 0.1) is 0 Å². The molecule has 2 N–H and O–H groups in total. The average molecular weight is 374 g/mol. The number of aryl methyl sites for hydroxylation is 1. The van der Waals surface area contributed by atoms with Crippen LogP contribution in [0.1, 0.15) is 30.6 Å². The Morgan fingerprint density at radius 3 is 2.56 bits per heavy atom. The van der Waals surface area contributed by atoms with Crippen LogP contribution in [0.4, 0.5) is 0 Å². The minimum Gasteiger partial charge on any atom is -0.319 e. The highest BCUT2D eigenvalue weighted by Crippen LogP contribution is 2.26. The van der Waals surface area contributed by atoms with Gasteiger partial charge in [-0.15, -0.1) is 5.10 Å². The van der Waals surface area contributed by atoms with Crippen molar-refractivity contribution in [1.82, 2.24) is 15.0 Å². The Morgan fingerprint density at radius 2 is 1.94 bits per heavy atom. The maximum absolute atomic E-state index is 6.29. The lowest BCUT2D eigenvalue weighted by atomic mass is 10.1. The van der Waals surface area contributed by atoms with Gasteiger partial charge in [-0.25, -0.2) is 4.68 Å². The Balaban J connectivity index is 2.34.